The first-order chi connectivity index (χ1) is 12.4. The van der Waals surface area contributed by atoms with E-state index in [1.54, 1.807) is 0 Å². The zero-order chi connectivity index (χ0) is 17.3. The molecular formula is C24H24FeO. The molecule has 10 radical (unpaired) electrons. The van der Waals surface area contributed by atoms with Crippen LogP contribution < -0.4 is 0 Å². The Morgan fingerprint density at radius 1 is 0.731 bits per heavy atom. The topological polar surface area (TPSA) is 13.1 Å². The van der Waals surface area contributed by atoms with Crippen LogP contribution in [0.3, 0.4) is 0 Å². The first-order valence-electron chi connectivity index (χ1n) is 8.87. The molecule has 0 spiro atoms. The molecule has 26 heavy (non-hydrogen) atoms. The van der Waals surface area contributed by atoms with Crippen molar-refractivity contribution in [3.05, 3.63) is 123 Å². The smallest absolute Gasteiger partial charge is 0.104 e. The summed E-state index contributed by atoms with van der Waals surface area (Å²) in [6.07, 6.45) is 20.5. The maximum atomic E-state index is 5.88. The molecule has 0 amide bonds. The van der Waals surface area contributed by atoms with Crippen LogP contribution in [0.5, 0.6) is 0 Å². The molecule has 2 heteroatoms. The quantitative estimate of drug-likeness (QED) is 0.613. The van der Waals surface area contributed by atoms with Gasteiger partial charge in [-0.25, -0.2) is 0 Å². The molecule has 1 aromatic heterocycles. The molecule has 0 bridgehead atoms. The molecule has 2 saturated carbocycles. The van der Waals surface area contributed by atoms with Crippen molar-refractivity contribution < 1.29 is 21.5 Å². The third-order valence-corrected chi connectivity index (χ3v) is 4.32. The Morgan fingerprint density at radius 3 is 1.85 bits per heavy atom. The number of rotatable bonds is 5. The van der Waals surface area contributed by atoms with Crippen LogP contribution in [0.2, 0.25) is 0 Å². The average Bonchev–Trinajstić information content (AvgIpc) is 3.45. The Balaban J connectivity index is 0.000000351. The van der Waals surface area contributed by atoms with E-state index in [0.29, 0.717) is 5.92 Å². The van der Waals surface area contributed by atoms with E-state index in [0.717, 1.165) is 24.4 Å². The van der Waals surface area contributed by atoms with Gasteiger partial charge in [0.25, 0.3) is 0 Å². The minimum Gasteiger partial charge on any atom is -0.466 e. The van der Waals surface area contributed by atoms with Crippen LogP contribution >= 0.6 is 0 Å². The zero-order valence-electron chi connectivity index (χ0n) is 15.0. The summed E-state index contributed by atoms with van der Waals surface area (Å²) in [6.45, 7) is 2.12. The fraction of sp³-hybridized carbons (Fsp3) is 0.167. The molecule has 0 N–H and O–H groups in total. The fourth-order valence-electron chi connectivity index (χ4n) is 2.98. The number of hydrogen-bond acceptors (Lipinski definition) is 1. The van der Waals surface area contributed by atoms with Gasteiger partial charge in [-0.15, -0.1) is 0 Å². The molecule has 1 heterocycles. The van der Waals surface area contributed by atoms with Gasteiger partial charge in [-0.2, -0.15) is 0 Å². The molecule has 1 aromatic carbocycles. The third-order valence-electron chi connectivity index (χ3n) is 4.32. The Kier molecular flexibility index (Phi) is 9.57. The standard InChI is InChI=1S/C19H19O.C5H5.Fe/c1-2-17-12-13-18(20-17)14-19(16-10-6-7-11-16)15-8-4-3-5-9-15;1-2-4-5-3-1;/h3-13,19H,2,14H2,1H3;1-5H;. The largest absolute Gasteiger partial charge is 0.466 e. The van der Waals surface area contributed by atoms with Gasteiger partial charge in [-0.05, 0) is 87.3 Å². The van der Waals surface area contributed by atoms with E-state index >= 15 is 0 Å². The second-order valence-electron chi connectivity index (χ2n) is 6.07. The molecule has 2 aromatic rings. The fourth-order valence-corrected chi connectivity index (χ4v) is 2.98. The third kappa shape index (κ3) is 6.32. The maximum absolute atomic E-state index is 5.88. The van der Waals surface area contributed by atoms with E-state index in [4.69, 9.17) is 4.42 Å². The predicted octanol–water partition coefficient (Wildman–Crippen LogP) is 5.59. The molecule has 1 unspecified atom stereocenters. The summed E-state index contributed by atoms with van der Waals surface area (Å²) in [5.41, 5.74) is 1.34. The van der Waals surface area contributed by atoms with Gasteiger partial charge in [0.15, 0.2) is 0 Å². The Morgan fingerprint density at radius 2 is 1.31 bits per heavy atom. The molecule has 134 valence electrons. The normalized spacial score (nSPS) is 18.0. The first kappa shape index (κ1) is 21.3. The number of benzene rings is 1. The summed E-state index contributed by atoms with van der Waals surface area (Å²) in [5.74, 6) is 3.85. The van der Waals surface area contributed by atoms with Gasteiger partial charge >= 0.3 is 0 Å². The summed E-state index contributed by atoms with van der Waals surface area (Å²) in [4.78, 5) is 0. The summed E-state index contributed by atoms with van der Waals surface area (Å²) in [7, 11) is 0. The Labute approximate surface area is 170 Å². The van der Waals surface area contributed by atoms with Crippen LogP contribution in [-0.2, 0) is 29.9 Å². The van der Waals surface area contributed by atoms with Crippen LogP contribution in [0, 0.1) is 63.7 Å². The summed E-state index contributed by atoms with van der Waals surface area (Å²) in [6, 6.07) is 14.9. The molecule has 0 saturated heterocycles. The minimum atomic E-state index is 0. The molecule has 1 nitrogen and oxygen atoms in total. The molecule has 0 aliphatic heterocycles. The summed E-state index contributed by atoms with van der Waals surface area (Å²) >= 11 is 0. The Hall–Kier alpha value is -0.981. The number of furan rings is 1. The second-order valence-corrected chi connectivity index (χ2v) is 6.07. The van der Waals surface area contributed by atoms with E-state index in [2.05, 4.69) is 75.1 Å². The molecular weight excluding hydrogens is 360 g/mol. The van der Waals surface area contributed by atoms with Crippen LogP contribution in [0.4, 0.5) is 0 Å². The molecule has 1 atom stereocenters. The van der Waals surface area contributed by atoms with Crippen molar-refractivity contribution in [1.29, 1.82) is 0 Å². The summed E-state index contributed by atoms with van der Waals surface area (Å²) < 4.78 is 5.88. The first-order valence-corrected chi connectivity index (χ1v) is 8.87. The van der Waals surface area contributed by atoms with Crippen molar-refractivity contribution in [1.82, 2.24) is 0 Å². The van der Waals surface area contributed by atoms with E-state index in [-0.39, 0.29) is 17.1 Å². The van der Waals surface area contributed by atoms with Gasteiger partial charge < -0.3 is 4.42 Å². The van der Waals surface area contributed by atoms with Crippen molar-refractivity contribution in [3.63, 3.8) is 0 Å². The summed E-state index contributed by atoms with van der Waals surface area (Å²) in [5, 5.41) is 0. The van der Waals surface area contributed by atoms with Gasteiger partial charge in [0.2, 0.25) is 0 Å². The molecule has 4 rings (SSSR count). The number of hydrogen-bond donors (Lipinski definition) is 0. The van der Waals surface area contributed by atoms with E-state index in [1.807, 2.05) is 32.1 Å². The van der Waals surface area contributed by atoms with Gasteiger partial charge in [0.1, 0.15) is 11.5 Å². The van der Waals surface area contributed by atoms with E-state index in [1.165, 1.54) is 11.5 Å². The van der Waals surface area contributed by atoms with Gasteiger partial charge in [0.05, 0.1) is 0 Å². The van der Waals surface area contributed by atoms with Crippen molar-refractivity contribution in [3.8, 4) is 0 Å². The minimum absolute atomic E-state index is 0. The molecule has 2 fully saturated rings. The van der Waals surface area contributed by atoms with Crippen LogP contribution in [0.15, 0.2) is 46.9 Å². The van der Waals surface area contributed by atoms with Gasteiger partial charge in [0, 0.05) is 29.9 Å². The van der Waals surface area contributed by atoms with Crippen LogP contribution in [-0.4, -0.2) is 0 Å². The van der Waals surface area contributed by atoms with Crippen LogP contribution in [0.25, 0.3) is 0 Å². The average molecular weight is 384 g/mol. The van der Waals surface area contributed by atoms with Crippen molar-refractivity contribution in [2.45, 2.75) is 25.7 Å². The van der Waals surface area contributed by atoms with Crippen molar-refractivity contribution in [2.75, 3.05) is 0 Å². The Bertz CT molecular complexity index is 586. The van der Waals surface area contributed by atoms with Crippen LogP contribution in [0.1, 0.15) is 29.9 Å². The van der Waals surface area contributed by atoms with Crippen molar-refractivity contribution in [2.24, 2.45) is 0 Å². The monoisotopic (exact) mass is 384 g/mol. The second kappa shape index (κ2) is 11.7. The van der Waals surface area contributed by atoms with Gasteiger partial charge in [-0.3, -0.25) is 0 Å². The van der Waals surface area contributed by atoms with Gasteiger partial charge in [-0.1, -0.05) is 37.3 Å². The predicted molar refractivity (Wildman–Crippen MR) is 103 cm³/mol. The maximum Gasteiger partial charge on any atom is 0.104 e. The van der Waals surface area contributed by atoms with E-state index in [9.17, 15) is 0 Å². The molecule has 2 aliphatic carbocycles. The van der Waals surface area contributed by atoms with Crippen molar-refractivity contribution >= 4 is 0 Å². The number of aryl methyl sites for hydroxylation is 1. The SMILES string of the molecule is CCc1ccc(CC([C]2[CH][CH][CH][CH]2)c2ccccc2)o1.[CH]1[CH][CH][CH][CH]1.[Fe]. The van der Waals surface area contributed by atoms with E-state index < -0.39 is 0 Å². The zero-order valence-corrected chi connectivity index (χ0v) is 16.1. The molecule has 2 aliphatic rings.